The summed E-state index contributed by atoms with van der Waals surface area (Å²) in [4.78, 5) is 0. The van der Waals surface area contributed by atoms with Gasteiger partial charge in [0.15, 0.2) is 0 Å². The molecule has 0 aromatic heterocycles. The zero-order valence-electron chi connectivity index (χ0n) is 16.1. The second-order valence-electron chi connectivity index (χ2n) is 7.33. The van der Waals surface area contributed by atoms with Crippen molar-refractivity contribution >= 4 is 35.0 Å². The number of anilines is 1. The third-order valence-corrected chi connectivity index (χ3v) is 7.50. The van der Waals surface area contributed by atoms with Gasteiger partial charge in [-0.05, 0) is 48.6 Å². The van der Waals surface area contributed by atoms with Crippen LogP contribution in [0.4, 0.5) is 5.69 Å². The summed E-state index contributed by atoms with van der Waals surface area (Å²) >= 11 is 0. The molecule has 0 N–H and O–H groups in total. The van der Waals surface area contributed by atoms with E-state index in [-0.39, 0.29) is 17.4 Å². The van der Waals surface area contributed by atoms with Gasteiger partial charge in [0.25, 0.3) is 6.71 Å². The van der Waals surface area contributed by atoms with E-state index in [4.69, 9.17) is 0 Å². The summed E-state index contributed by atoms with van der Waals surface area (Å²) in [5, 5.41) is 9.75. The Morgan fingerprint density at radius 2 is 1.93 bits per heavy atom. The van der Waals surface area contributed by atoms with Crippen molar-refractivity contribution < 1.29 is 0 Å². The summed E-state index contributed by atoms with van der Waals surface area (Å²) in [5.41, 5.74) is 4.94. The van der Waals surface area contributed by atoms with Crippen molar-refractivity contribution in [1.82, 2.24) is 0 Å². The minimum absolute atomic E-state index is 0.124. The van der Waals surface area contributed by atoms with Crippen LogP contribution in [-0.4, -0.2) is 17.8 Å². The number of nitrogens with zero attached hydrogens (tertiary/aromatic N) is 2. The van der Waals surface area contributed by atoms with Gasteiger partial charge in [-0.15, -0.1) is 0 Å². The molecule has 2 aromatic rings. The Kier molecular flexibility index (Phi) is 6.58. The van der Waals surface area contributed by atoms with Crippen LogP contribution < -0.4 is 4.31 Å². The summed E-state index contributed by atoms with van der Waals surface area (Å²) in [5.74, 6) is 7.05. The molecule has 2 aromatic carbocycles. The van der Waals surface area contributed by atoms with Gasteiger partial charge in [-0.3, -0.25) is 0 Å². The molecule has 0 bridgehead atoms. The molecule has 4 heteroatoms. The first-order valence-electron chi connectivity index (χ1n) is 9.59. The molecule has 1 unspecified atom stereocenters. The highest BCUT2D eigenvalue weighted by Crippen LogP contribution is 2.39. The van der Waals surface area contributed by atoms with Gasteiger partial charge in [0.05, 0.1) is 6.54 Å². The molecule has 3 rings (SSSR count). The van der Waals surface area contributed by atoms with E-state index in [9.17, 15) is 5.26 Å². The first-order valence-corrected chi connectivity index (χ1v) is 11.0. The van der Waals surface area contributed by atoms with Gasteiger partial charge in [-0.25, -0.2) is 5.26 Å². The zero-order chi connectivity index (χ0) is 19.2. The molecule has 0 aliphatic carbocycles. The summed E-state index contributed by atoms with van der Waals surface area (Å²) in [6, 6.07) is 17.3. The molecule has 0 spiro atoms. The Labute approximate surface area is 166 Å². The van der Waals surface area contributed by atoms with E-state index in [2.05, 4.69) is 78.2 Å². The van der Waals surface area contributed by atoms with Gasteiger partial charge in [-0.1, -0.05) is 78.2 Å². The van der Waals surface area contributed by atoms with Crippen LogP contribution in [0.25, 0.3) is 6.08 Å². The highest BCUT2D eigenvalue weighted by Gasteiger charge is 2.27. The van der Waals surface area contributed by atoms with Crippen LogP contribution in [-0.2, 0) is 6.54 Å². The number of hydrogen-bond acceptors (Lipinski definition) is 2. The molecular formula is C23H27BN2S. The standard InChI is InChI=1S/C23H27BN2S/c1-4-20-8-10-21(11-9-20)17-26(22-7-5-6-19(2)16-22)27(3)23-12-14-24(18-25)15-13-23/h4-11,16,23H,1,3,12-15,17H2,2H3. The van der Waals surface area contributed by atoms with Crippen molar-refractivity contribution in [1.29, 1.82) is 5.26 Å². The van der Waals surface area contributed by atoms with E-state index < -0.39 is 0 Å². The van der Waals surface area contributed by atoms with Crippen LogP contribution in [0.2, 0.25) is 12.6 Å². The maximum atomic E-state index is 9.19. The monoisotopic (exact) mass is 374 g/mol. The van der Waals surface area contributed by atoms with E-state index in [1.54, 1.807) is 0 Å². The van der Waals surface area contributed by atoms with Crippen LogP contribution in [0, 0.1) is 18.2 Å². The van der Waals surface area contributed by atoms with Crippen molar-refractivity contribution in [3.05, 3.63) is 71.8 Å². The van der Waals surface area contributed by atoms with Crippen LogP contribution in [0.5, 0.6) is 0 Å². The highest BCUT2D eigenvalue weighted by molar-refractivity contribution is 8.15. The van der Waals surface area contributed by atoms with E-state index in [0.717, 1.165) is 37.6 Å². The zero-order valence-corrected chi connectivity index (χ0v) is 16.9. The van der Waals surface area contributed by atoms with Crippen LogP contribution in [0.3, 0.4) is 0 Å². The van der Waals surface area contributed by atoms with Gasteiger partial charge in [0, 0.05) is 16.9 Å². The second-order valence-corrected chi connectivity index (χ2v) is 9.24. The van der Waals surface area contributed by atoms with Gasteiger partial charge < -0.3 is 4.31 Å². The average molecular weight is 374 g/mol. The summed E-state index contributed by atoms with van der Waals surface area (Å²) in [7, 11) is -0.124. The van der Waals surface area contributed by atoms with Crippen LogP contribution in [0.1, 0.15) is 29.5 Å². The lowest BCUT2D eigenvalue weighted by atomic mass is 9.43. The molecule has 1 atom stereocenters. The number of hydrogen-bond donors (Lipinski definition) is 0. The first-order chi connectivity index (χ1) is 13.1. The minimum atomic E-state index is -0.124. The molecule has 0 radical (unpaired) electrons. The fourth-order valence-corrected chi connectivity index (χ4v) is 5.54. The fraction of sp³-hybridized carbons (Fsp3) is 0.304. The quantitative estimate of drug-likeness (QED) is 0.459. The lowest BCUT2D eigenvalue weighted by Gasteiger charge is -2.35. The predicted molar refractivity (Wildman–Crippen MR) is 123 cm³/mol. The number of aryl methyl sites for hydroxylation is 1. The Balaban J connectivity index is 1.84. The molecular weight excluding hydrogens is 347 g/mol. The van der Waals surface area contributed by atoms with E-state index in [0.29, 0.717) is 5.25 Å². The van der Waals surface area contributed by atoms with E-state index in [1.165, 1.54) is 16.8 Å². The molecule has 1 aliphatic heterocycles. The molecule has 1 saturated heterocycles. The lowest BCUT2D eigenvalue weighted by molar-refractivity contribution is 0.743. The van der Waals surface area contributed by atoms with Gasteiger partial charge in [0.2, 0.25) is 0 Å². The van der Waals surface area contributed by atoms with Crippen molar-refractivity contribution in [2.24, 2.45) is 0 Å². The maximum absolute atomic E-state index is 9.19. The van der Waals surface area contributed by atoms with Crippen LogP contribution in [0.15, 0.2) is 55.1 Å². The Hall–Kier alpha value is -2.25. The summed E-state index contributed by atoms with van der Waals surface area (Å²) in [6.45, 7) is 7.06. The Bertz CT molecular complexity index is 845. The van der Waals surface area contributed by atoms with Crippen molar-refractivity contribution in [2.75, 3.05) is 4.31 Å². The van der Waals surface area contributed by atoms with Gasteiger partial charge in [-0.2, -0.15) is 0 Å². The number of rotatable bonds is 6. The second kappa shape index (κ2) is 9.10. The maximum Gasteiger partial charge on any atom is 0.267 e. The third-order valence-electron chi connectivity index (χ3n) is 5.36. The molecule has 2 nitrogen and oxygen atoms in total. The number of benzene rings is 2. The predicted octanol–water partition coefficient (Wildman–Crippen LogP) is 5.98. The summed E-state index contributed by atoms with van der Waals surface area (Å²) in [6.07, 6.45) is 6.10. The van der Waals surface area contributed by atoms with Crippen LogP contribution >= 0.6 is 10.7 Å². The lowest BCUT2D eigenvalue weighted by Crippen LogP contribution is -2.28. The van der Waals surface area contributed by atoms with Crippen molar-refractivity contribution in [3.8, 4) is 5.97 Å². The van der Waals surface area contributed by atoms with E-state index >= 15 is 0 Å². The average Bonchev–Trinajstić information content (AvgIpc) is 2.72. The minimum Gasteiger partial charge on any atom is -0.318 e. The SMILES string of the molecule is C=Cc1ccc(CN(c2cccc(C)c2)S(=C)C2CCB(C#N)CC2)cc1. The smallest absolute Gasteiger partial charge is 0.267 e. The van der Waals surface area contributed by atoms with Crippen molar-refractivity contribution in [2.45, 2.75) is 44.2 Å². The van der Waals surface area contributed by atoms with Crippen molar-refractivity contribution in [3.63, 3.8) is 0 Å². The molecule has 1 heterocycles. The van der Waals surface area contributed by atoms with Gasteiger partial charge in [0.1, 0.15) is 0 Å². The molecule has 1 aliphatic rings. The molecule has 138 valence electrons. The van der Waals surface area contributed by atoms with Gasteiger partial charge >= 0.3 is 0 Å². The highest BCUT2D eigenvalue weighted by atomic mass is 32.2. The Morgan fingerprint density at radius 3 is 2.52 bits per heavy atom. The fourth-order valence-electron chi connectivity index (χ4n) is 3.66. The topological polar surface area (TPSA) is 27.0 Å². The largest absolute Gasteiger partial charge is 0.318 e. The first kappa shape index (κ1) is 19.5. The van der Waals surface area contributed by atoms with E-state index in [1.807, 2.05) is 6.08 Å². The Morgan fingerprint density at radius 1 is 1.22 bits per heavy atom. The normalized spacial score (nSPS) is 15.8. The molecule has 0 amide bonds. The number of nitriles is 1. The molecule has 1 fully saturated rings. The summed E-state index contributed by atoms with van der Waals surface area (Å²) < 4.78 is 2.47. The molecule has 0 saturated carbocycles. The molecule has 27 heavy (non-hydrogen) atoms. The third kappa shape index (κ3) is 4.93.